The maximum Gasteiger partial charge on any atom is 0.227 e. The highest BCUT2D eigenvalue weighted by Crippen LogP contribution is 2.30. The van der Waals surface area contributed by atoms with Gasteiger partial charge in [0, 0.05) is 26.2 Å². The molecule has 1 aliphatic heterocycles. The van der Waals surface area contributed by atoms with Crippen molar-refractivity contribution in [3.8, 4) is 0 Å². The van der Waals surface area contributed by atoms with Crippen molar-refractivity contribution in [2.75, 3.05) is 39.8 Å². The van der Waals surface area contributed by atoms with Crippen LogP contribution < -0.4 is 0 Å². The predicted molar refractivity (Wildman–Crippen MR) is 86.6 cm³/mol. The SMILES string of the molecule is CN1CCO[C@@H](CN(CC2CC2)C(=O)Cc2cccc(F)c2)C1. The van der Waals surface area contributed by atoms with Gasteiger partial charge in [0.15, 0.2) is 0 Å². The van der Waals surface area contributed by atoms with E-state index in [2.05, 4.69) is 11.9 Å². The Hall–Kier alpha value is -1.46. The Balaban J connectivity index is 1.61. The molecule has 1 saturated heterocycles. The number of ether oxygens (including phenoxy) is 1. The fourth-order valence-corrected chi connectivity index (χ4v) is 3.05. The third kappa shape index (κ3) is 5.01. The molecular formula is C18H25FN2O2. The van der Waals surface area contributed by atoms with Crippen LogP contribution in [0.15, 0.2) is 24.3 Å². The van der Waals surface area contributed by atoms with E-state index in [0.717, 1.165) is 31.8 Å². The molecule has 2 fully saturated rings. The zero-order chi connectivity index (χ0) is 16.2. The van der Waals surface area contributed by atoms with E-state index in [0.29, 0.717) is 12.5 Å². The van der Waals surface area contributed by atoms with Crippen LogP contribution in [0.25, 0.3) is 0 Å². The lowest BCUT2D eigenvalue weighted by Crippen LogP contribution is -2.48. The standard InChI is InChI=1S/C18H25FN2O2/c1-20-7-8-23-17(12-20)13-21(11-14-5-6-14)18(22)10-15-3-2-4-16(19)9-15/h2-4,9,14,17H,5-8,10-13H2,1H3/t17-/m1/s1. The van der Waals surface area contributed by atoms with Crippen LogP contribution in [0.4, 0.5) is 4.39 Å². The summed E-state index contributed by atoms with van der Waals surface area (Å²) in [7, 11) is 2.08. The fraction of sp³-hybridized carbons (Fsp3) is 0.611. The molecule has 3 rings (SSSR count). The number of carbonyl (C=O) groups excluding carboxylic acids is 1. The Morgan fingerprint density at radius 3 is 2.91 bits per heavy atom. The van der Waals surface area contributed by atoms with Crippen molar-refractivity contribution >= 4 is 5.91 Å². The van der Waals surface area contributed by atoms with E-state index in [1.807, 2.05) is 4.90 Å². The molecule has 0 aromatic heterocycles. The van der Waals surface area contributed by atoms with Crippen LogP contribution in [-0.2, 0) is 16.0 Å². The summed E-state index contributed by atoms with van der Waals surface area (Å²) < 4.78 is 19.1. The molecule has 1 heterocycles. The molecule has 23 heavy (non-hydrogen) atoms. The molecule has 2 aliphatic rings. The molecule has 1 aromatic rings. The Kier molecular flexibility index (Phi) is 5.28. The lowest BCUT2D eigenvalue weighted by Gasteiger charge is -2.34. The molecule has 0 spiro atoms. The van der Waals surface area contributed by atoms with Crippen molar-refractivity contribution < 1.29 is 13.9 Å². The highest BCUT2D eigenvalue weighted by atomic mass is 19.1. The predicted octanol–water partition coefficient (Wildman–Crippen LogP) is 1.94. The topological polar surface area (TPSA) is 32.8 Å². The number of likely N-dealkylation sites (N-methyl/N-ethyl adjacent to an activating group) is 1. The first kappa shape index (κ1) is 16.4. The van der Waals surface area contributed by atoms with E-state index < -0.39 is 0 Å². The number of morpholine rings is 1. The maximum absolute atomic E-state index is 13.3. The number of rotatable bonds is 6. The highest BCUT2D eigenvalue weighted by Gasteiger charge is 2.29. The van der Waals surface area contributed by atoms with Gasteiger partial charge in [-0.1, -0.05) is 12.1 Å². The monoisotopic (exact) mass is 320 g/mol. The van der Waals surface area contributed by atoms with Crippen LogP contribution in [0.5, 0.6) is 0 Å². The summed E-state index contributed by atoms with van der Waals surface area (Å²) in [6, 6.07) is 6.31. The Labute approximate surface area is 137 Å². The van der Waals surface area contributed by atoms with Crippen LogP contribution in [0, 0.1) is 11.7 Å². The summed E-state index contributed by atoms with van der Waals surface area (Å²) in [4.78, 5) is 16.8. The van der Waals surface area contributed by atoms with E-state index >= 15 is 0 Å². The molecule has 0 radical (unpaired) electrons. The van der Waals surface area contributed by atoms with Crippen LogP contribution in [-0.4, -0.2) is 61.6 Å². The minimum Gasteiger partial charge on any atom is -0.374 e. The summed E-state index contributed by atoms with van der Waals surface area (Å²) in [6.45, 7) is 3.95. The van der Waals surface area contributed by atoms with Crippen LogP contribution in [0.1, 0.15) is 18.4 Å². The van der Waals surface area contributed by atoms with Crippen molar-refractivity contribution in [1.29, 1.82) is 0 Å². The van der Waals surface area contributed by atoms with Crippen molar-refractivity contribution in [2.45, 2.75) is 25.4 Å². The Bertz CT molecular complexity index is 548. The molecule has 0 bridgehead atoms. The summed E-state index contributed by atoms with van der Waals surface area (Å²) in [5.41, 5.74) is 0.734. The second-order valence-electron chi connectivity index (χ2n) is 6.80. The quantitative estimate of drug-likeness (QED) is 0.803. The molecule has 0 unspecified atom stereocenters. The van der Waals surface area contributed by atoms with E-state index in [9.17, 15) is 9.18 Å². The largest absolute Gasteiger partial charge is 0.374 e. The smallest absolute Gasteiger partial charge is 0.227 e. The normalized spacial score (nSPS) is 22.1. The van der Waals surface area contributed by atoms with E-state index in [-0.39, 0.29) is 24.2 Å². The van der Waals surface area contributed by atoms with Crippen molar-refractivity contribution in [1.82, 2.24) is 9.80 Å². The van der Waals surface area contributed by atoms with E-state index in [1.165, 1.54) is 25.0 Å². The zero-order valence-electron chi connectivity index (χ0n) is 13.7. The highest BCUT2D eigenvalue weighted by molar-refractivity contribution is 5.78. The van der Waals surface area contributed by atoms with Gasteiger partial charge in [0.05, 0.1) is 19.1 Å². The van der Waals surface area contributed by atoms with Gasteiger partial charge in [-0.25, -0.2) is 4.39 Å². The van der Waals surface area contributed by atoms with Gasteiger partial charge in [0.2, 0.25) is 5.91 Å². The third-order valence-corrected chi connectivity index (χ3v) is 4.54. The second kappa shape index (κ2) is 7.41. The zero-order valence-corrected chi connectivity index (χ0v) is 13.7. The summed E-state index contributed by atoms with van der Waals surface area (Å²) in [5, 5.41) is 0. The second-order valence-corrected chi connectivity index (χ2v) is 6.80. The number of halogens is 1. The van der Waals surface area contributed by atoms with E-state index in [1.54, 1.807) is 12.1 Å². The molecule has 1 amide bonds. The fourth-order valence-electron chi connectivity index (χ4n) is 3.05. The lowest BCUT2D eigenvalue weighted by atomic mass is 10.1. The first-order valence-electron chi connectivity index (χ1n) is 8.42. The van der Waals surface area contributed by atoms with Crippen LogP contribution >= 0.6 is 0 Å². The number of hydrogen-bond acceptors (Lipinski definition) is 3. The summed E-state index contributed by atoms with van der Waals surface area (Å²) >= 11 is 0. The third-order valence-electron chi connectivity index (χ3n) is 4.54. The van der Waals surface area contributed by atoms with Crippen molar-refractivity contribution in [3.05, 3.63) is 35.6 Å². The Morgan fingerprint density at radius 1 is 1.39 bits per heavy atom. The number of hydrogen-bond donors (Lipinski definition) is 0. The van der Waals surface area contributed by atoms with E-state index in [4.69, 9.17) is 4.74 Å². The molecule has 1 aromatic carbocycles. The molecule has 1 aliphatic carbocycles. The average molecular weight is 320 g/mol. The lowest BCUT2D eigenvalue weighted by molar-refractivity contribution is -0.134. The number of amides is 1. The van der Waals surface area contributed by atoms with Gasteiger partial charge in [-0.15, -0.1) is 0 Å². The minimum absolute atomic E-state index is 0.0688. The number of benzene rings is 1. The molecule has 1 saturated carbocycles. The van der Waals surface area contributed by atoms with Gasteiger partial charge in [-0.3, -0.25) is 4.79 Å². The molecular weight excluding hydrogens is 295 g/mol. The average Bonchev–Trinajstić information content (AvgIpc) is 3.31. The number of carbonyl (C=O) groups is 1. The molecule has 126 valence electrons. The van der Waals surface area contributed by atoms with Crippen molar-refractivity contribution in [3.63, 3.8) is 0 Å². The maximum atomic E-state index is 13.3. The first-order valence-corrected chi connectivity index (χ1v) is 8.42. The number of nitrogens with zero attached hydrogens (tertiary/aromatic N) is 2. The Morgan fingerprint density at radius 2 is 2.22 bits per heavy atom. The van der Waals surface area contributed by atoms with Gasteiger partial charge in [0.1, 0.15) is 5.82 Å². The van der Waals surface area contributed by atoms with Gasteiger partial charge < -0.3 is 14.5 Å². The summed E-state index contributed by atoms with van der Waals surface area (Å²) in [5.74, 6) is 0.411. The van der Waals surface area contributed by atoms with Crippen molar-refractivity contribution in [2.24, 2.45) is 5.92 Å². The van der Waals surface area contributed by atoms with Gasteiger partial charge >= 0.3 is 0 Å². The molecule has 4 nitrogen and oxygen atoms in total. The molecule has 5 heteroatoms. The van der Waals surface area contributed by atoms with Gasteiger partial charge in [0.25, 0.3) is 0 Å². The minimum atomic E-state index is -0.290. The van der Waals surface area contributed by atoms with Crippen LogP contribution in [0.2, 0.25) is 0 Å². The molecule has 1 atom stereocenters. The van der Waals surface area contributed by atoms with Crippen LogP contribution in [0.3, 0.4) is 0 Å². The molecule has 0 N–H and O–H groups in total. The van der Waals surface area contributed by atoms with Gasteiger partial charge in [-0.2, -0.15) is 0 Å². The summed E-state index contributed by atoms with van der Waals surface area (Å²) in [6.07, 6.45) is 2.74. The first-order chi connectivity index (χ1) is 11.1. The van der Waals surface area contributed by atoms with Gasteiger partial charge in [-0.05, 0) is 43.5 Å².